The molecule has 1 unspecified atom stereocenters. The Morgan fingerprint density at radius 2 is 2.19 bits per heavy atom. The van der Waals surface area contributed by atoms with Crippen molar-refractivity contribution in [2.24, 2.45) is 0 Å². The molecule has 140 valence electrons. The summed E-state index contributed by atoms with van der Waals surface area (Å²) in [6.45, 7) is 1.80. The largest absolute Gasteiger partial charge is 0.495 e. The number of aliphatic carboxylic acids is 1. The number of carboxylic acid groups (broad SMARTS) is 1. The number of methoxy groups -OCH3 is 1. The van der Waals surface area contributed by atoms with E-state index in [1.54, 1.807) is 25.1 Å². The molecule has 1 aromatic rings. The first-order chi connectivity index (χ1) is 12.3. The summed E-state index contributed by atoms with van der Waals surface area (Å²) in [6.07, 6.45) is 3.30. The van der Waals surface area contributed by atoms with Crippen LogP contribution >= 0.6 is 23.4 Å². The lowest BCUT2D eigenvalue weighted by molar-refractivity contribution is -0.141. The number of nitrogens with zero attached hydrogens (tertiary/aromatic N) is 1. The lowest BCUT2D eigenvalue weighted by Crippen LogP contribution is -2.41. The van der Waals surface area contributed by atoms with Gasteiger partial charge in [-0.15, -0.1) is 0 Å². The number of anilines is 1. The average Bonchev–Trinajstić information content (AvgIpc) is 2.61. The molecule has 7 nitrogen and oxygen atoms in total. The van der Waals surface area contributed by atoms with Gasteiger partial charge in [0.15, 0.2) is 0 Å². The molecule has 0 saturated carbocycles. The number of ether oxygens (including phenoxy) is 1. The van der Waals surface area contributed by atoms with E-state index in [-0.39, 0.29) is 12.0 Å². The fraction of sp³-hybridized carbons (Fsp3) is 0.353. The minimum Gasteiger partial charge on any atom is -0.495 e. The van der Waals surface area contributed by atoms with Crippen molar-refractivity contribution in [1.29, 1.82) is 5.26 Å². The molecular formula is C17H20ClN3O4S. The lowest BCUT2D eigenvalue weighted by atomic mass is 10.2. The van der Waals surface area contributed by atoms with Gasteiger partial charge < -0.3 is 20.5 Å². The third-order valence-electron chi connectivity index (χ3n) is 3.43. The molecule has 3 N–H and O–H groups in total. The van der Waals surface area contributed by atoms with Gasteiger partial charge in [-0.1, -0.05) is 11.6 Å². The number of aryl methyl sites for hydroxylation is 1. The minimum absolute atomic E-state index is 0.255. The molecule has 0 saturated heterocycles. The van der Waals surface area contributed by atoms with Crippen molar-refractivity contribution in [1.82, 2.24) is 5.32 Å². The second kappa shape index (κ2) is 10.6. The maximum absolute atomic E-state index is 12.2. The Kier molecular flexibility index (Phi) is 8.82. The first kappa shape index (κ1) is 21.7. The van der Waals surface area contributed by atoms with Crippen LogP contribution in [0.1, 0.15) is 12.0 Å². The molecule has 0 aliphatic carbocycles. The quantitative estimate of drug-likeness (QED) is 0.434. The van der Waals surface area contributed by atoms with E-state index in [0.29, 0.717) is 22.2 Å². The number of hydrogen-bond acceptors (Lipinski definition) is 6. The number of thioether (sulfide) groups is 1. The van der Waals surface area contributed by atoms with Crippen LogP contribution in [-0.4, -0.2) is 42.1 Å². The summed E-state index contributed by atoms with van der Waals surface area (Å²) in [4.78, 5) is 23.4. The second-order valence-electron chi connectivity index (χ2n) is 5.26. The second-order valence-corrected chi connectivity index (χ2v) is 6.65. The molecule has 0 aliphatic rings. The summed E-state index contributed by atoms with van der Waals surface area (Å²) in [5.74, 6) is -0.897. The summed E-state index contributed by atoms with van der Waals surface area (Å²) < 4.78 is 5.21. The fourth-order valence-corrected chi connectivity index (χ4v) is 2.60. The highest BCUT2D eigenvalue weighted by Gasteiger charge is 2.21. The molecule has 0 aromatic heterocycles. The number of carbonyl (C=O) groups is 2. The molecule has 26 heavy (non-hydrogen) atoms. The lowest BCUT2D eigenvalue weighted by Gasteiger charge is -2.14. The van der Waals surface area contributed by atoms with E-state index in [1.807, 2.05) is 6.26 Å². The molecule has 0 fully saturated rings. The number of halogens is 1. The number of carbonyl (C=O) groups excluding carboxylic acids is 1. The minimum atomic E-state index is -1.15. The van der Waals surface area contributed by atoms with Crippen LogP contribution in [0.3, 0.4) is 0 Å². The molecular weight excluding hydrogens is 378 g/mol. The van der Waals surface area contributed by atoms with Gasteiger partial charge in [0.05, 0.1) is 12.8 Å². The van der Waals surface area contributed by atoms with Gasteiger partial charge in [-0.25, -0.2) is 4.79 Å². The van der Waals surface area contributed by atoms with Crippen molar-refractivity contribution in [3.8, 4) is 11.8 Å². The van der Waals surface area contributed by atoms with Crippen molar-refractivity contribution in [2.45, 2.75) is 19.4 Å². The number of amides is 1. The molecule has 0 bridgehead atoms. The summed E-state index contributed by atoms with van der Waals surface area (Å²) in [5.41, 5.74) is 1.05. The van der Waals surface area contributed by atoms with E-state index >= 15 is 0 Å². The summed E-state index contributed by atoms with van der Waals surface area (Å²) in [7, 11) is 1.47. The van der Waals surface area contributed by atoms with Crippen LogP contribution in [0.2, 0.25) is 5.02 Å². The van der Waals surface area contributed by atoms with E-state index in [1.165, 1.54) is 25.1 Å². The molecule has 9 heteroatoms. The SMILES string of the molecule is COc1cc(Cl)c(C)cc1N/C=C(/C#N)C(=O)NC(CCSC)C(=O)O. The fourth-order valence-electron chi connectivity index (χ4n) is 1.97. The Bertz CT molecular complexity index is 746. The van der Waals surface area contributed by atoms with Gasteiger partial charge in [0.1, 0.15) is 23.4 Å². The predicted molar refractivity (Wildman–Crippen MR) is 103 cm³/mol. The van der Waals surface area contributed by atoms with E-state index in [4.69, 9.17) is 21.4 Å². The van der Waals surface area contributed by atoms with Crippen LogP contribution in [0.5, 0.6) is 5.75 Å². The highest BCUT2D eigenvalue weighted by Crippen LogP contribution is 2.31. The van der Waals surface area contributed by atoms with Crippen LogP contribution in [0.25, 0.3) is 0 Å². The van der Waals surface area contributed by atoms with Crippen LogP contribution in [0.15, 0.2) is 23.9 Å². The summed E-state index contributed by atoms with van der Waals surface area (Å²) in [6, 6.07) is 4.03. The monoisotopic (exact) mass is 397 g/mol. The van der Waals surface area contributed by atoms with Crippen LogP contribution < -0.4 is 15.4 Å². The smallest absolute Gasteiger partial charge is 0.326 e. The molecule has 1 amide bonds. The standard InChI is InChI=1S/C17H20ClN3O4S/c1-10-6-14(15(25-2)7-12(10)18)20-9-11(8-19)16(22)21-13(17(23)24)4-5-26-3/h6-7,9,13,20H,4-5H2,1-3H3,(H,21,22)(H,23,24)/b11-9-. The highest BCUT2D eigenvalue weighted by molar-refractivity contribution is 7.98. The number of benzene rings is 1. The zero-order chi connectivity index (χ0) is 19.7. The van der Waals surface area contributed by atoms with Crippen LogP contribution in [0.4, 0.5) is 5.69 Å². The number of nitrogens with one attached hydrogen (secondary N) is 2. The molecule has 1 rings (SSSR count). The van der Waals surface area contributed by atoms with E-state index < -0.39 is 17.9 Å². The first-order valence-corrected chi connectivity index (χ1v) is 9.34. The Labute approximate surface area is 161 Å². The average molecular weight is 398 g/mol. The van der Waals surface area contributed by atoms with Crippen molar-refractivity contribution in [3.63, 3.8) is 0 Å². The van der Waals surface area contributed by atoms with Gasteiger partial charge in [-0.3, -0.25) is 4.79 Å². The van der Waals surface area contributed by atoms with E-state index in [9.17, 15) is 14.9 Å². The van der Waals surface area contributed by atoms with Crippen molar-refractivity contribution in [3.05, 3.63) is 34.5 Å². The Balaban J connectivity index is 2.94. The maximum atomic E-state index is 12.2. The molecule has 1 atom stereocenters. The normalized spacial score (nSPS) is 12.0. The Hall–Kier alpha value is -2.37. The zero-order valence-corrected chi connectivity index (χ0v) is 16.2. The van der Waals surface area contributed by atoms with Crippen molar-refractivity contribution >= 4 is 40.9 Å². The summed E-state index contributed by atoms with van der Waals surface area (Å²) >= 11 is 7.51. The van der Waals surface area contributed by atoms with Crippen molar-refractivity contribution < 1.29 is 19.4 Å². The van der Waals surface area contributed by atoms with Gasteiger partial charge in [-0.05, 0) is 37.0 Å². The molecule has 0 heterocycles. The number of nitriles is 1. The maximum Gasteiger partial charge on any atom is 0.326 e. The number of rotatable bonds is 9. The van der Waals surface area contributed by atoms with Gasteiger partial charge in [0.2, 0.25) is 0 Å². The van der Waals surface area contributed by atoms with Gasteiger partial charge in [-0.2, -0.15) is 17.0 Å². The van der Waals surface area contributed by atoms with Gasteiger partial charge >= 0.3 is 5.97 Å². The molecule has 1 aromatic carbocycles. The van der Waals surface area contributed by atoms with Gasteiger partial charge in [0.25, 0.3) is 5.91 Å². The highest BCUT2D eigenvalue weighted by atomic mass is 35.5. The third kappa shape index (κ3) is 6.17. The predicted octanol–water partition coefficient (Wildman–Crippen LogP) is 2.80. The molecule has 0 aliphatic heterocycles. The summed E-state index contributed by atoms with van der Waals surface area (Å²) in [5, 5.41) is 24.1. The van der Waals surface area contributed by atoms with Gasteiger partial charge in [0, 0.05) is 17.3 Å². The third-order valence-corrected chi connectivity index (χ3v) is 4.48. The topological polar surface area (TPSA) is 111 Å². The van der Waals surface area contributed by atoms with Crippen LogP contribution in [0, 0.1) is 18.3 Å². The first-order valence-electron chi connectivity index (χ1n) is 7.57. The van der Waals surface area contributed by atoms with E-state index in [2.05, 4.69) is 10.6 Å². The zero-order valence-electron chi connectivity index (χ0n) is 14.6. The van der Waals surface area contributed by atoms with E-state index in [0.717, 1.165) is 5.56 Å². The van der Waals surface area contributed by atoms with Crippen molar-refractivity contribution in [2.75, 3.05) is 24.4 Å². The number of carboxylic acids is 1. The Morgan fingerprint density at radius 3 is 2.73 bits per heavy atom. The van der Waals surface area contributed by atoms with Crippen LogP contribution in [-0.2, 0) is 9.59 Å². The molecule has 0 spiro atoms. The molecule has 0 radical (unpaired) electrons. The number of hydrogen-bond donors (Lipinski definition) is 3. The Morgan fingerprint density at radius 1 is 1.50 bits per heavy atom.